The smallest absolute Gasteiger partial charge is 0.225 e. The maximum Gasteiger partial charge on any atom is 0.225 e. The molecule has 1 fully saturated rings. The van der Waals surface area contributed by atoms with Crippen LogP contribution in [0.15, 0.2) is 42.5 Å². The highest BCUT2D eigenvalue weighted by atomic mass is 16.2. The first-order valence-corrected chi connectivity index (χ1v) is 12.9. The molecule has 5 heteroatoms. The molecular weight excluding hydrogens is 420 g/mol. The van der Waals surface area contributed by atoms with Crippen molar-refractivity contribution in [3.63, 3.8) is 0 Å². The zero-order valence-electron chi connectivity index (χ0n) is 21.2. The van der Waals surface area contributed by atoms with E-state index >= 15 is 0 Å². The van der Waals surface area contributed by atoms with Crippen LogP contribution in [0.25, 0.3) is 22.3 Å². The zero-order chi connectivity index (χ0) is 24.1. The number of hydrogen-bond acceptors (Lipinski definition) is 4. The number of aryl methyl sites for hydroxylation is 2. The Balaban J connectivity index is 1.65. The van der Waals surface area contributed by atoms with E-state index in [4.69, 9.17) is 9.97 Å². The summed E-state index contributed by atoms with van der Waals surface area (Å²) in [5, 5.41) is 0. The van der Waals surface area contributed by atoms with Gasteiger partial charge in [-0.05, 0) is 56.4 Å². The summed E-state index contributed by atoms with van der Waals surface area (Å²) in [5.74, 6) is 1.41. The van der Waals surface area contributed by atoms with Crippen molar-refractivity contribution in [3.05, 3.63) is 53.6 Å². The number of fused-ring (bicyclic) bond motifs is 1. The van der Waals surface area contributed by atoms with Crippen LogP contribution in [0, 0.1) is 19.8 Å². The molecule has 0 saturated carbocycles. The van der Waals surface area contributed by atoms with E-state index < -0.39 is 0 Å². The summed E-state index contributed by atoms with van der Waals surface area (Å²) in [6.07, 6.45) is 5.12. The fraction of sp³-hybridized carbons (Fsp3) is 0.483. The Morgan fingerprint density at radius 3 is 2.32 bits per heavy atom. The Hall–Kier alpha value is -2.95. The average Bonchev–Trinajstić information content (AvgIpc) is 3.11. The van der Waals surface area contributed by atoms with Gasteiger partial charge in [-0.1, -0.05) is 57.0 Å². The molecule has 2 heterocycles. The first-order valence-electron chi connectivity index (χ1n) is 12.9. The molecule has 4 rings (SSSR count). The number of unbranched alkanes of at least 4 members (excludes halogenated alkanes) is 1. The van der Waals surface area contributed by atoms with Crippen LogP contribution >= 0.6 is 0 Å². The fourth-order valence-electron chi connectivity index (χ4n) is 4.87. The minimum absolute atomic E-state index is 0.151. The molecule has 0 bridgehead atoms. The fourth-order valence-corrected chi connectivity index (χ4v) is 4.87. The van der Waals surface area contributed by atoms with E-state index in [0.717, 1.165) is 86.4 Å². The van der Waals surface area contributed by atoms with Gasteiger partial charge in [0.2, 0.25) is 5.91 Å². The Kier molecular flexibility index (Phi) is 7.81. The van der Waals surface area contributed by atoms with E-state index in [1.165, 1.54) is 11.1 Å². The number of rotatable bonds is 7. The summed E-state index contributed by atoms with van der Waals surface area (Å²) >= 11 is 0. The Morgan fingerprint density at radius 1 is 0.941 bits per heavy atom. The van der Waals surface area contributed by atoms with Gasteiger partial charge in [0, 0.05) is 37.7 Å². The van der Waals surface area contributed by atoms with Crippen molar-refractivity contribution in [2.24, 2.45) is 5.92 Å². The van der Waals surface area contributed by atoms with E-state index in [0.29, 0.717) is 5.91 Å². The minimum Gasteiger partial charge on any atom is -0.353 e. The van der Waals surface area contributed by atoms with Gasteiger partial charge in [-0.3, -0.25) is 4.79 Å². The molecule has 0 radical (unpaired) electrons. The molecule has 1 amide bonds. The van der Waals surface area contributed by atoms with Crippen LogP contribution in [0.2, 0.25) is 0 Å². The van der Waals surface area contributed by atoms with Gasteiger partial charge < -0.3 is 9.80 Å². The molecule has 180 valence electrons. The lowest BCUT2D eigenvalue weighted by Gasteiger charge is -2.27. The lowest BCUT2D eigenvalue weighted by molar-refractivity contribution is -0.135. The highest BCUT2D eigenvalue weighted by molar-refractivity contribution is 5.85. The van der Waals surface area contributed by atoms with Gasteiger partial charge >= 0.3 is 0 Å². The second-order valence-corrected chi connectivity index (χ2v) is 9.60. The van der Waals surface area contributed by atoms with Crippen LogP contribution in [-0.2, 0) is 4.79 Å². The normalized spacial score (nSPS) is 15.4. The number of anilines is 1. The molecule has 0 unspecified atom stereocenters. The number of nitrogens with zero attached hydrogens (tertiary/aromatic N) is 4. The summed E-state index contributed by atoms with van der Waals surface area (Å²) in [6.45, 7) is 11.8. The Labute approximate surface area is 204 Å². The number of carbonyl (C=O) groups is 1. The first-order chi connectivity index (χ1) is 16.5. The molecule has 0 N–H and O–H groups in total. The number of benzene rings is 2. The molecule has 1 aliphatic rings. The van der Waals surface area contributed by atoms with Gasteiger partial charge in [0.05, 0.1) is 11.0 Å². The van der Waals surface area contributed by atoms with Crippen molar-refractivity contribution in [2.75, 3.05) is 31.1 Å². The van der Waals surface area contributed by atoms with E-state index in [2.05, 4.69) is 73.9 Å². The molecule has 1 aromatic heterocycles. The Morgan fingerprint density at radius 2 is 1.65 bits per heavy atom. The topological polar surface area (TPSA) is 49.3 Å². The van der Waals surface area contributed by atoms with Crippen molar-refractivity contribution in [1.29, 1.82) is 0 Å². The molecule has 5 nitrogen and oxygen atoms in total. The highest BCUT2D eigenvalue weighted by Crippen LogP contribution is 2.31. The maximum atomic E-state index is 13.2. The third-order valence-electron chi connectivity index (χ3n) is 7.16. The molecule has 1 saturated heterocycles. The molecular formula is C29H38N4O. The number of carbonyl (C=O) groups excluding carboxylic acids is 1. The molecule has 3 aromatic rings. The summed E-state index contributed by atoms with van der Waals surface area (Å²) in [4.78, 5) is 27.9. The number of aromatic nitrogens is 2. The van der Waals surface area contributed by atoms with Gasteiger partial charge in [0.25, 0.3) is 0 Å². The SMILES string of the molecule is CCCC[C@@H](CC)C(=O)N1CCCN(c2nc3cc(C)c(C)cc3nc2-c2ccccc2)CC1. The molecule has 2 aromatic carbocycles. The Bertz CT molecular complexity index is 1130. The predicted molar refractivity (Wildman–Crippen MR) is 141 cm³/mol. The van der Waals surface area contributed by atoms with Gasteiger partial charge in [0.1, 0.15) is 5.69 Å². The van der Waals surface area contributed by atoms with Gasteiger partial charge in [-0.25, -0.2) is 9.97 Å². The summed E-state index contributed by atoms with van der Waals surface area (Å²) in [5.41, 5.74) is 6.31. The summed E-state index contributed by atoms with van der Waals surface area (Å²) in [7, 11) is 0. The second kappa shape index (κ2) is 11.0. The molecule has 1 aliphatic heterocycles. The van der Waals surface area contributed by atoms with Crippen molar-refractivity contribution in [1.82, 2.24) is 14.9 Å². The minimum atomic E-state index is 0.151. The predicted octanol–water partition coefficient (Wildman–Crippen LogP) is 6.17. The highest BCUT2D eigenvalue weighted by Gasteiger charge is 2.26. The van der Waals surface area contributed by atoms with Crippen molar-refractivity contribution in [3.8, 4) is 11.3 Å². The quantitative estimate of drug-likeness (QED) is 0.425. The van der Waals surface area contributed by atoms with Crippen LogP contribution in [0.5, 0.6) is 0 Å². The zero-order valence-corrected chi connectivity index (χ0v) is 21.2. The van der Waals surface area contributed by atoms with E-state index in [1.54, 1.807) is 0 Å². The van der Waals surface area contributed by atoms with Crippen LogP contribution in [0.3, 0.4) is 0 Å². The monoisotopic (exact) mass is 458 g/mol. The largest absolute Gasteiger partial charge is 0.353 e. The lowest BCUT2D eigenvalue weighted by atomic mass is 9.97. The van der Waals surface area contributed by atoms with Gasteiger partial charge in [0.15, 0.2) is 5.82 Å². The first kappa shape index (κ1) is 24.2. The van der Waals surface area contributed by atoms with Crippen molar-refractivity contribution >= 4 is 22.8 Å². The summed E-state index contributed by atoms with van der Waals surface area (Å²) in [6, 6.07) is 14.6. The average molecular weight is 459 g/mol. The molecule has 1 atom stereocenters. The standard InChI is InChI=1S/C29H38N4O/c1-5-7-12-23(6-2)29(34)33-16-11-15-32(17-18-33)28-27(24-13-9-8-10-14-24)30-25-19-21(3)22(4)20-26(25)31-28/h8-10,13-14,19-20,23H,5-7,11-12,15-18H2,1-4H3/t23-/m1/s1. The lowest BCUT2D eigenvalue weighted by Crippen LogP contribution is -2.39. The maximum absolute atomic E-state index is 13.2. The molecule has 0 aliphatic carbocycles. The van der Waals surface area contributed by atoms with Crippen LogP contribution < -0.4 is 4.90 Å². The van der Waals surface area contributed by atoms with E-state index in [-0.39, 0.29) is 5.92 Å². The second-order valence-electron chi connectivity index (χ2n) is 9.60. The van der Waals surface area contributed by atoms with Crippen molar-refractivity contribution < 1.29 is 4.79 Å². The molecule has 34 heavy (non-hydrogen) atoms. The van der Waals surface area contributed by atoms with Gasteiger partial charge in [-0.15, -0.1) is 0 Å². The summed E-state index contributed by atoms with van der Waals surface area (Å²) < 4.78 is 0. The van der Waals surface area contributed by atoms with Gasteiger partial charge in [-0.2, -0.15) is 0 Å². The number of amides is 1. The third-order valence-corrected chi connectivity index (χ3v) is 7.16. The van der Waals surface area contributed by atoms with Crippen LogP contribution in [0.4, 0.5) is 5.82 Å². The third kappa shape index (κ3) is 5.24. The molecule has 0 spiro atoms. The number of hydrogen-bond donors (Lipinski definition) is 0. The van der Waals surface area contributed by atoms with E-state index in [1.807, 2.05) is 6.07 Å². The van der Waals surface area contributed by atoms with Crippen molar-refractivity contribution in [2.45, 2.75) is 59.8 Å². The van der Waals surface area contributed by atoms with Crippen LogP contribution in [-0.4, -0.2) is 47.0 Å². The van der Waals surface area contributed by atoms with Crippen LogP contribution in [0.1, 0.15) is 57.1 Å². The van der Waals surface area contributed by atoms with E-state index in [9.17, 15) is 4.79 Å².